The van der Waals surface area contributed by atoms with E-state index in [9.17, 15) is 9.59 Å². The van der Waals surface area contributed by atoms with Crippen molar-refractivity contribution in [2.45, 2.75) is 52.1 Å². The fourth-order valence-corrected chi connectivity index (χ4v) is 4.43. The molecular formula is C28H34N4O4. The molecule has 1 aliphatic carbocycles. The van der Waals surface area contributed by atoms with E-state index >= 15 is 0 Å². The summed E-state index contributed by atoms with van der Waals surface area (Å²) in [5.74, 6) is 1.61. The summed E-state index contributed by atoms with van der Waals surface area (Å²) in [5, 5.41) is 6.78. The van der Waals surface area contributed by atoms with Crippen molar-refractivity contribution < 1.29 is 19.1 Å². The van der Waals surface area contributed by atoms with Gasteiger partial charge >= 0.3 is 6.09 Å². The third kappa shape index (κ3) is 7.16. The van der Waals surface area contributed by atoms with E-state index in [1.54, 1.807) is 30.6 Å². The van der Waals surface area contributed by atoms with Crippen LogP contribution in [-0.2, 0) is 4.74 Å². The van der Waals surface area contributed by atoms with Gasteiger partial charge in [0.25, 0.3) is 5.91 Å². The summed E-state index contributed by atoms with van der Waals surface area (Å²) >= 11 is 0. The lowest BCUT2D eigenvalue weighted by Gasteiger charge is -2.29. The fraction of sp³-hybridized carbons (Fsp3) is 0.429. The molecule has 0 spiro atoms. The summed E-state index contributed by atoms with van der Waals surface area (Å²) in [4.78, 5) is 33.7. The first-order valence-corrected chi connectivity index (χ1v) is 12.5. The second-order valence-electron chi connectivity index (χ2n) is 10.3. The minimum absolute atomic E-state index is 0.140. The number of aromatic nitrogens is 2. The van der Waals surface area contributed by atoms with E-state index in [1.807, 2.05) is 45.0 Å². The molecule has 1 saturated carbocycles. The molecule has 1 fully saturated rings. The number of fused-ring (bicyclic) bond motifs is 1. The molecule has 3 aromatic rings. The minimum Gasteiger partial charge on any atom is -0.444 e. The normalized spacial score (nSPS) is 17.9. The van der Waals surface area contributed by atoms with Crippen molar-refractivity contribution in [3.05, 3.63) is 60.4 Å². The van der Waals surface area contributed by atoms with E-state index in [0.29, 0.717) is 47.6 Å². The van der Waals surface area contributed by atoms with E-state index in [-0.39, 0.29) is 12.0 Å². The molecule has 8 nitrogen and oxygen atoms in total. The third-order valence-electron chi connectivity index (χ3n) is 6.25. The largest absolute Gasteiger partial charge is 0.444 e. The first-order valence-electron chi connectivity index (χ1n) is 12.5. The predicted molar refractivity (Wildman–Crippen MR) is 138 cm³/mol. The van der Waals surface area contributed by atoms with Crippen LogP contribution in [0.3, 0.4) is 0 Å². The molecule has 0 unspecified atom stereocenters. The van der Waals surface area contributed by atoms with E-state index in [0.717, 1.165) is 31.1 Å². The van der Waals surface area contributed by atoms with Gasteiger partial charge < -0.3 is 20.1 Å². The number of alkyl carbamates (subject to hydrolysis) is 1. The highest BCUT2D eigenvalue weighted by atomic mass is 16.6. The van der Waals surface area contributed by atoms with Gasteiger partial charge in [0.15, 0.2) is 0 Å². The number of pyridine rings is 2. The molecule has 0 bridgehead atoms. The van der Waals surface area contributed by atoms with Gasteiger partial charge in [0.1, 0.15) is 11.4 Å². The van der Waals surface area contributed by atoms with Crippen LogP contribution in [0.25, 0.3) is 10.9 Å². The molecule has 36 heavy (non-hydrogen) atoms. The molecule has 8 heteroatoms. The third-order valence-corrected chi connectivity index (χ3v) is 6.25. The molecular weight excluding hydrogens is 456 g/mol. The van der Waals surface area contributed by atoms with E-state index in [2.05, 4.69) is 20.6 Å². The van der Waals surface area contributed by atoms with E-state index < -0.39 is 5.60 Å². The molecule has 0 aliphatic heterocycles. The molecule has 2 amide bonds. The Bertz CT molecular complexity index is 1190. The number of ether oxygens (including phenoxy) is 2. The molecule has 0 radical (unpaired) electrons. The Hall–Kier alpha value is -3.68. The molecule has 4 rings (SSSR count). The summed E-state index contributed by atoms with van der Waals surface area (Å²) in [6, 6.07) is 12.8. The van der Waals surface area contributed by atoms with Gasteiger partial charge in [-0.1, -0.05) is 18.2 Å². The van der Waals surface area contributed by atoms with Crippen LogP contribution in [-0.4, -0.2) is 40.7 Å². The number of nitrogens with one attached hydrogen (secondary N) is 2. The second-order valence-corrected chi connectivity index (χ2v) is 10.3. The van der Waals surface area contributed by atoms with Gasteiger partial charge in [-0.3, -0.25) is 9.78 Å². The molecule has 2 heterocycles. The predicted octanol–water partition coefficient (Wildman–Crippen LogP) is 5.48. The SMILES string of the molecule is CC(C)(C)OC(=O)NCC1CCC(CNC(=O)c2cc(Oc3cccnc3)nc3ccccc23)CC1. The van der Waals surface area contributed by atoms with Gasteiger partial charge in [0.05, 0.1) is 17.3 Å². The summed E-state index contributed by atoms with van der Waals surface area (Å²) in [6.07, 6.45) is 6.95. The number of hydrogen-bond donors (Lipinski definition) is 2. The highest BCUT2D eigenvalue weighted by Crippen LogP contribution is 2.29. The highest BCUT2D eigenvalue weighted by Gasteiger charge is 2.24. The molecule has 0 saturated heterocycles. The van der Waals surface area contributed by atoms with Gasteiger partial charge in [0, 0.05) is 30.7 Å². The van der Waals surface area contributed by atoms with Crippen molar-refractivity contribution in [3.63, 3.8) is 0 Å². The van der Waals surface area contributed by atoms with Crippen molar-refractivity contribution in [2.24, 2.45) is 11.8 Å². The Morgan fingerprint density at radius 3 is 2.33 bits per heavy atom. The van der Waals surface area contributed by atoms with Crippen LogP contribution in [0.15, 0.2) is 54.9 Å². The van der Waals surface area contributed by atoms with Crippen molar-refractivity contribution in [1.29, 1.82) is 0 Å². The van der Waals surface area contributed by atoms with Crippen LogP contribution in [0, 0.1) is 11.8 Å². The van der Waals surface area contributed by atoms with Crippen LogP contribution >= 0.6 is 0 Å². The molecule has 1 aromatic carbocycles. The zero-order valence-corrected chi connectivity index (χ0v) is 21.1. The molecule has 2 aromatic heterocycles. The molecule has 0 atom stereocenters. The van der Waals surface area contributed by atoms with Gasteiger partial charge in [0.2, 0.25) is 5.88 Å². The van der Waals surface area contributed by atoms with Crippen LogP contribution in [0.4, 0.5) is 4.79 Å². The van der Waals surface area contributed by atoms with Crippen LogP contribution in [0.5, 0.6) is 11.6 Å². The number of para-hydroxylation sites is 1. The van der Waals surface area contributed by atoms with E-state index in [1.165, 1.54) is 0 Å². The van der Waals surface area contributed by atoms with Gasteiger partial charge in [-0.2, -0.15) is 0 Å². The van der Waals surface area contributed by atoms with Crippen LogP contribution < -0.4 is 15.4 Å². The highest BCUT2D eigenvalue weighted by molar-refractivity contribution is 6.06. The smallest absolute Gasteiger partial charge is 0.407 e. The number of carbonyl (C=O) groups is 2. The Morgan fingerprint density at radius 1 is 0.972 bits per heavy atom. The lowest BCUT2D eigenvalue weighted by Crippen LogP contribution is -2.37. The van der Waals surface area contributed by atoms with Gasteiger partial charge in [-0.15, -0.1) is 0 Å². The number of nitrogens with zero attached hydrogens (tertiary/aromatic N) is 2. The monoisotopic (exact) mass is 490 g/mol. The van der Waals surface area contributed by atoms with Gasteiger partial charge in [-0.05, 0) is 76.5 Å². The number of carbonyl (C=O) groups excluding carboxylic acids is 2. The second kappa shape index (κ2) is 11.4. The van der Waals surface area contributed by atoms with Crippen molar-refractivity contribution in [1.82, 2.24) is 20.6 Å². The van der Waals surface area contributed by atoms with Crippen molar-refractivity contribution >= 4 is 22.9 Å². The van der Waals surface area contributed by atoms with Crippen molar-refractivity contribution in [3.8, 4) is 11.6 Å². The van der Waals surface area contributed by atoms with Gasteiger partial charge in [-0.25, -0.2) is 9.78 Å². The van der Waals surface area contributed by atoms with Crippen LogP contribution in [0.1, 0.15) is 56.8 Å². The Labute approximate surface area is 211 Å². The maximum Gasteiger partial charge on any atom is 0.407 e. The topological polar surface area (TPSA) is 102 Å². The zero-order valence-electron chi connectivity index (χ0n) is 21.1. The maximum absolute atomic E-state index is 13.2. The Kier molecular flexibility index (Phi) is 8.03. The number of amides is 2. The number of hydrogen-bond acceptors (Lipinski definition) is 6. The summed E-state index contributed by atoms with van der Waals surface area (Å²) < 4.78 is 11.2. The Balaban J connectivity index is 1.32. The van der Waals surface area contributed by atoms with Crippen LogP contribution in [0.2, 0.25) is 0 Å². The quantitative estimate of drug-likeness (QED) is 0.454. The summed E-state index contributed by atoms with van der Waals surface area (Å²) in [6.45, 7) is 6.80. The minimum atomic E-state index is -0.494. The van der Waals surface area contributed by atoms with E-state index in [4.69, 9.17) is 9.47 Å². The Morgan fingerprint density at radius 2 is 1.67 bits per heavy atom. The molecule has 1 aliphatic rings. The van der Waals surface area contributed by atoms with Crippen molar-refractivity contribution in [2.75, 3.05) is 13.1 Å². The zero-order chi connectivity index (χ0) is 25.5. The average molecular weight is 491 g/mol. The fourth-order valence-electron chi connectivity index (χ4n) is 4.43. The maximum atomic E-state index is 13.2. The first kappa shape index (κ1) is 25.4. The number of rotatable bonds is 7. The summed E-state index contributed by atoms with van der Waals surface area (Å²) in [7, 11) is 0. The first-order chi connectivity index (χ1) is 17.3. The lowest BCUT2D eigenvalue weighted by atomic mass is 9.82. The lowest BCUT2D eigenvalue weighted by molar-refractivity contribution is 0.0512. The molecule has 190 valence electrons. The summed E-state index contributed by atoms with van der Waals surface area (Å²) in [5.41, 5.74) is 0.739. The molecule has 2 N–H and O–H groups in total. The average Bonchev–Trinajstić information content (AvgIpc) is 2.86. The standard InChI is InChI=1S/C28H34N4O4/c1-28(2,3)36-27(34)31-17-20-12-10-19(11-13-20)16-30-26(33)23-15-25(35-21-7-6-14-29-18-21)32-24-9-5-4-8-22(23)24/h4-9,14-15,18-20H,10-13,16-17H2,1-3H3,(H,30,33)(H,31,34). The number of benzene rings is 1.